The van der Waals surface area contributed by atoms with Gasteiger partial charge in [-0.1, -0.05) is 0 Å². The Kier molecular flexibility index (Phi) is 5.44. The molecule has 5 rings (SSSR count). The third-order valence-electron chi connectivity index (χ3n) is 6.50. The van der Waals surface area contributed by atoms with Gasteiger partial charge in [0.1, 0.15) is 5.82 Å². The molecule has 2 aromatic rings. The zero-order chi connectivity index (χ0) is 19.1. The van der Waals surface area contributed by atoms with Crippen LogP contribution in [0.25, 0.3) is 11.4 Å². The van der Waals surface area contributed by atoms with Crippen molar-refractivity contribution in [1.29, 1.82) is 0 Å². The van der Waals surface area contributed by atoms with Crippen molar-refractivity contribution in [3.05, 3.63) is 46.1 Å². The molecule has 3 heterocycles. The minimum Gasteiger partial charge on any atom is -0.342 e. The number of carbonyl (C=O) groups excluding carboxylic acids is 1. The molecule has 29 heavy (non-hydrogen) atoms. The number of halogens is 1. The topological polar surface area (TPSA) is 91.0 Å². The van der Waals surface area contributed by atoms with Gasteiger partial charge >= 0.3 is 0 Å². The fraction of sp³-hybridized carbons (Fsp3) is 0.524. The Bertz CT molecular complexity index is 949. The van der Waals surface area contributed by atoms with Crippen LogP contribution in [0.2, 0.25) is 0 Å². The number of likely N-dealkylation sites (tertiary alicyclic amines) is 1. The number of nitrogens with zero attached hydrogens (tertiary/aromatic N) is 3. The summed E-state index contributed by atoms with van der Waals surface area (Å²) in [6.07, 6.45) is 9.26. The van der Waals surface area contributed by atoms with E-state index in [1.807, 2.05) is 17.0 Å². The molecule has 2 N–H and O–H groups in total. The van der Waals surface area contributed by atoms with Gasteiger partial charge in [0.15, 0.2) is 0 Å². The predicted molar refractivity (Wildman–Crippen MR) is 112 cm³/mol. The number of rotatable bonds is 4. The fourth-order valence-electron chi connectivity index (χ4n) is 4.59. The van der Waals surface area contributed by atoms with Gasteiger partial charge in [0.25, 0.3) is 5.56 Å². The number of fused-ring (bicyclic) bond motifs is 2. The highest BCUT2D eigenvalue weighted by Gasteiger charge is 2.44. The first-order chi connectivity index (χ1) is 13.6. The first-order valence-corrected chi connectivity index (χ1v) is 10.2. The standard InChI is InChI=1S/C21H25N5O2.ClH/c27-17(13-23-15-3-4-15)26-10-7-21(8-11-26)6-5-16-18(21)24-19(25-20(16)28)14-2-1-9-22-12-14;/h1-2,9,12,15,23H,3-8,10-11,13H2,(H,24,25,28);1H. The molecule has 1 amide bonds. The van der Waals surface area contributed by atoms with Gasteiger partial charge in [0.2, 0.25) is 5.91 Å². The average molecular weight is 416 g/mol. The van der Waals surface area contributed by atoms with Crippen LogP contribution in [-0.4, -0.2) is 51.4 Å². The maximum absolute atomic E-state index is 12.7. The lowest BCUT2D eigenvalue weighted by Gasteiger charge is -2.39. The van der Waals surface area contributed by atoms with Crippen molar-refractivity contribution in [1.82, 2.24) is 25.2 Å². The number of nitrogens with one attached hydrogen (secondary N) is 2. The van der Waals surface area contributed by atoms with Crippen molar-refractivity contribution >= 4 is 18.3 Å². The monoisotopic (exact) mass is 415 g/mol. The van der Waals surface area contributed by atoms with E-state index in [0.29, 0.717) is 18.4 Å². The van der Waals surface area contributed by atoms with E-state index in [1.54, 1.807) is 12.4 Å². The maximum atomic E-state index is 12.7. The van der Waals surface area contributed by atoms with Crippen LogP contribution in [-0.2, 0) is 16.6 Å². The van der Waals surface area contributed by atoms with Gasteiger partial charge in [-0.25, -0.2) is 4.98 Å². The number of hydrogen-bond donors (Lipinski definition) is 2. The van der Waals surface area contributed by atoms with Crippen molar-refractivity contribution in [2.24, 2.45) is 0 Å². The molecule has 1 saturated heterocycles. The molecule has 1 spiro atoms. The van der Waals surface area contributed by atoms with E-state index >= 15 is 0 Å². The molecule has 2 aromatic heterocycles. The number of pyridine rings is 1. The summed E-state index contributed by atoms with van der Waals surface area (Å²) < 4.78 is 0. The number of hydrogen-bond acceptors (Lipinski definition) is 5. The Balaban J connectivity index is 0.00000205. The van der Waals surface area contributed by atoms with Gasteiger partial charge in [-0.3, -0.25) is 14.6 Å². The minimum absolute atomic E-state index is 0. The number of aromatic amines is 1. The molecule has 154 valence electrons. The molecule has 0 bridgehead atoms. The van der Waals surface area contributed by atoms with Gasteiger partial charge in [-0.2, -0.15) is 0 Å². The largest absolute Gasteiger partial charge is 0.342 e. The quantitative estimate of drug-likeness (QED) is 0.794. The first-order valence-electron chi connectivity index (χ1n) is 10.2. The fourth-order valence-corrected chi connectivity index (χ4v) is 4.59. The lowest BCUT2D eigenvalue weighted by atomic mass is 9.76. The highest BCUT2D eigenvalue weighted by Crippen LogP contribution is 2.44. The van der Waals surface area contributed by atoms with Crippen LogP contribution in [0.1, 0.15) is 43.4 Å². The summed E-state index contributed by atoms with van der Waals surface area (Å²) in [5, 5.41) is 3.31. The van der Waals surface area contributed by atoms with E-state index in [2.05, 4.69) is 15.3 Å². The summed E-state index contributed by atoms with van der Waals surface area (Å²) in [6.45, 7) is 1.92. The number of aromatic nitrogens is 3. The van der Waals surface area contributed by atoms with E-state index in [4.69, 9.17) is 4.98 Å². The number of amides is 1. The van der Waals surface area contributed by atoms with Crippen LogP contribution in [0.4, 0.5) is 0 Å². The third-order valence-corrected chi connectivity index (χ3v) is 6.50. The number of carbonyl (C=O) groups is 1. The maximum Gasteiger partial charge on any atom is 0.254 e. The molecule has 2 aliphatic carbocycles. The Morgan fingerprint density at radius 2 is 2.07 bits per heavy atom. The van der Waals surface area contributed by atoms with Gasteiger partial charge in [-0.05, 0) is 50.7 Å². The van der Waals surface area contributed by atoms with Crippen LogP contribution < -0.4 is 10.9 Å². The zero-order valence-corrected chi connectivity index (χ0v) is 17.1. The highest BCUT2D eigenvalue weighted by atomic mass is 35.5. The normalized spacial score (nSPS) is 19.7. The number of piperidine rings is 1. The minimum atomic E-state index is -0.0821. The second kappa shape index (κ2) is 7.88. The van der Waals surface area contributed by atoms with Crippen LogP contribution >= 0.6 is 12.4 Å². The summed E-state index contributed by atoms with van der Waals surface area (Å²) >= 11 is 0. The summed E-state index contributed by atoms with van der Waals surface area (Å²) in [5.74, 6) is 0.778. The average Bonchev–Trinajstić information content (AvgIpc) is 3.50. The van der Waals surface area contributed by atoms with Gasteiger partial charge in [-0.15, -0.1) is 12.4 Å². The molecule has 1 aliphatic heterocycles. The summed E-state index contributed by atoms with van der Waals surface area (Å²) in [4.78, 5) is 39.0. The lowest BCUT2D eigenvalue weighted by Crippen LogP contribution is -2.47. The van der Waals surface area contributed by atoms with Crippen molar-refractivity contribution < 1.29 is 4.79 Å². The molecule has 0 unspecified atom stereocenters. The summed E-state index contributed by atoms with van der Waals surface area (Å²) in [6, 6.07) is 4.30. The van der Waals surface area contributed by atoms with Crippen molar-refractivity contribution in [3.63, 3.8) is 0 Å². The van der Waals surface area contributed by atoms with Crippen molar-refractivity contribution in [2.75, 3.05) is 19.6 Å². The molecule has 3 aliphatic rings. The van der Waals surface area contributed by atoms with Gasteiger partial charge in [0.05, 0.1) is 12.2 Å². The summed E-state index contributed by atoms with van der Waals surface area (Å²) in [5.41, 5.74) is 2.47. The Morgan fingerprint density at radius 3 is 2.76 bits per heavy atom. The zero-order valence-electron chi connectivity index (χ0n) is 16.3. The van der Waals surface area contributed by atoms with Gasteiger partial charge in [0, 0.05) is 48.1 Å². The molecule has 2 fully saturated rings. The smallest absolute Gasteiger partial charge is 0.254 e. The van der Waals surface area contributed by atoms with Crippen LogP contribution in [0.15, 0.2) is 29.3 Å². The third kappa shape index (κ3) is 3.81. The van der Waals surface area contributed by atoms with E-state index in [1.165, 1.54) is 12.8 Å². The van der Waals surface area contributed by atoms with E-state index < -0.39 is 0 Å². The molecule has 7 nitrogen and oxygen atoms in total. The van der Waals surface area contributed by atoms with Crippen molar-refractivity contribution in [2.45, 2.75) is 50.0 Å². The second-order valence-electron chi connectivity index (χ2n) is 8.30. The number of H-pyrrole nitrogens is 1. The molecular formula is C21H26ClN5O2. The molecule has 8 heteroatoms. The van der Waals surface area contributed by atoms with E-state index in [0.717, 1.165) is 55.6 Å². The Hall–Kier alpha value is -2.25. The SMILES string of the molecule is Cl.O=C(CNC1CC1)N1CCC2(CCc3c2nc(-c2cccnc2)[nH]c3=O)CC1. The van der Waals surface area contributed by atoms with Crippen molar-refractivity contribution in [3.8, 4) is 11.4 Å². The van der Waals surface area contributed by atoms with Crippen LogP contribution in [0.5, 0.6) is 0 Å². The Morgan fingerprint density at radius 1 is 1.28 bits per heavy atom. The van der Waals surface area contributed by atoms with E-state index in [-0.39, 0.29) is 29.3 Å². The Labute approximate surface area is 175 Å². The molecule has 0 radical (unpaired) electrons. The van der Waals surface area contributed by atoms with Gasteiger partial charge < -0.3 is 15.2 Å². The van der Waals surface area contributed by atoms with Crippen LogP contribution in [0, 0.1) is 0 Å². The van der Waals surface area contributed by atoms with Crippen LogP contribution in [0.3, 0.4) is 0 Å². The highest BCUT2D eigenvalue weighted by molar-refractivity contribution is 5.85. The molecular weight excluding hydrogens is 390 g/mol. The van der Waals surface area contributed by atoms with E-state index in [9.17, 15) is 9.59 Å². The predicted octanol–water partition coefficient (Wildman–Crippen LogP) is 1.81. The molecule has 1 saturated carbocycles. The molecule has 0 aromatic carbocycles. The second-order valence-corrected chi connectivity index (χ2v) is 8.30. The molecule has 0 atom stereocenters. The summed E-state index contributed by atoms with van der Waals surface area (Å²) in [7, 11) is 0. The first kappa shape index (κ1) is 20.0. The lowest BCUT2D eigenvalue weighted by molar-refractivity contribution is -0.131.